The summed E-state index contributed by atoms with van der Waals surface area (Å²) in [7, 11) is 0. The van der Waals surface area contributed by atoms with E-state index in [4.69, 9.17) is 0 Å². The molecule has 1 N–H and O–H groups in total. The summed E-state index contributed by atoms with van der Waals surface area (Å²) in [5, 5.41) is 10.4. The molecule has 0 aliphatic carbocycles. The number of nitrogens with zero attached hydrogens (tertiary/aromatic N) is 4. The topological polar surface area (TPSA) is 86.6 Å². The second kappa shape index (κ2) is 8.69. The molecule has 2 aliphatic heterocycles. The number of hydrogen-bond acceptors (Lipinski definition) is 5. The number of aliphatic hydroxyl groups excluding tert-OH is 1. The van der Waals surface area contributed by atoms with Crippen LogP contribution < -0.4 is 0 Å². The van der Waals surface area contributed by atoms with E-state index in [2.05, 4.69) is 9.97 Å². The number of piperidine rings is 1. The van der Waals surface area contributed by atoms with Crippen molar-refractivity contribution in [1.29, 1.82) is 0 Å². The van der Waals surface area contributed by atoms with Crippen LogP contribution in [0.4, 0.5) is 0 Å². The maximum Gasteiger partial charge on any atom is 0.272 e. The van der Waals surface area contributed by atoms with Gasteiger partial charge in [0.15, 0.2) is 0 Å². The zero-order valence-electron chi connectivity index (χ0n) is 16.4. The van der Waals surface area contributed by atoms with Gasteiger partial charge in [-0.2, -0.15) is 0 Å². The van der Waals surface area contributed by atoms with E-state index in [0.717, 1.165) is 12.0 Å². The number of amides is 2. The maximum absolute atomic E-state index is 13.0. The Morgan fingerprint density at radius 2 is 1.76 bits per heavy atom. The van der Waals surface area contributed by atoms with E-state index in [-0.39, 0.29) is 23.7 Å². The molecule has 2 amide bonds. The summed E-state index contributed by atoms with van der Waals surface area (Å²) in [6.45, 7) is 2.09. The number of likely N-dealkylation sites (tertiary alicyclic amines) is 2. The van der Waals surface area contributed by atoms with E-state index < -0.39 is 6.10 Å². The highest BCUT2D eigenvalue weighted by Crippen LogP contribution is 2.26. The molecule has 0 unspecified atom stereocenters. The number of aromatic nitrogens is 2. The van der Waals surface area contributed by atoms with Gasteiger partial charge in [0.1, 0.15) is 5.69 Å². The Morgan fingerprint density at radius 3 is 2.45 bits per heavy atom. The molecule has 152 valence electrons. The van der Waals surface area contributed by atoms with Crippen molar-refractivity contribution in [3.05, 3.63) is 60.2 Å². The van der Waals surface area contributed by atoms with Crippen molar-refractivity contribution in [3.63, 3.8) is 0 Å². The number of carbonyl (C=O) groups is 2. The minimum Gasteiger partial charge on any atom is -0.391 e. The number of carbonyl (C=O) groups excluding carboxylic acids is 2. The Kier molecular flexibility index (Phi) is 5.85. The van der Waals surface area contributed by atoms with Crippen LogP contribution >= 0.6 is 0 Å². The third kappa shape index (κ3) is 4.45. The highest BCUT2D eigenvalue weighted by atomic mass is 16.3. The Balaban J connectivity index is 1.30. The minimum absolute atomic E-state index is 0.0483. The lowest BCUT2D eigenvalue weighted by Crippen LogP contribution is -2.44. The van der Waals surface area contributed by atoms with Crippen LogP contribution in [0, 0.1) is 11.8 Å². The summed E-state index contributed by atoms with van der Waals surface area (Å²) in [6, 6.07) is 9.21. The number of aliphatic hydroxyl groups is 1. The summed E-state index contributed by atoms with van der Waals surface area (Å²) in [4.78, 5) is 37.2. The quantitative estimate of drug-likeness (QED) is 0.847. The third-order valence-corrected chi connectivity index (χ3v) is 5.98. The predicted molar refractivity (Wildman–Crippen MR) is 107 cm³/mol. The van der Waals surface area contributed by atoms with E-state index in [9.17, 15) is 14.7 Å². The first kappa shape index (κ1) is 19.5. The van der Waals surface area contributed by atoms with Gasteiger partial charge < -0.3 is 14.9 Å². The molecule has 2 aliphatic rings. The molecular formula is C22H26N4O3. The standard InChI is InChI=1S/C22H26N4O3/c27-20-15-26(14-18(20)13-16-4-9-23-10-5-16)21(28)17-6-11-25(12-7-17)22(29)19-3-1-2-8-24-19/h1-5,8-10,17-18,20,27H,6-7,11-15H2/t18-,20+/m1/s1. The van der Waals surface area contributed by atoms with E-state index in [0.29, 0.717) is 44.7 Å². The molecule has 0 radical (unpaired) electrons. The van der Waals surface area contributed by atoms with Crippen molar-refractivity contribution in [2.24, 2.45) is 11.8 Å². The molecule has 7 nitrogen and oxygen atoms in total. The van der Waals surface area contributed by atoms with Gasteiger partial charge >= 0.3 is 0 Å². The Labute approximate surface area is 170 Å². The zero-order chi connectivity index (χ0) is 20.2. The average Bonchev–Trinajstić information content (AvgIpc) is 3.14. The molecule has 29 heavy (non-hydrogen) atoms. The van der Waals surface area contributed by atoms with Gasteiger partial charge in [0.05, 0.1) is 6.10 Å². The highest BCUT2D eigenvalue weighted by molar-refractivity contribution is 5.92. The van der Waals surface area contributed by atoms with E-state index in [1.54, 1.807) is 46.6 Å². The van der Waals surface area contributed by atoms with Gasteiger partial charge in [-0.1, -0.05) is 6.07 Å². The molecule has 0 bridgehead atoms. The SMILES string of the molecule is O=C(c1ccccn1)N1CCC(C(=O)N2C[C@@H](Cc3ccncc3)[C@@H](O)C2)CC1. The minimum atomic E-state index is -0.502. The molecule has 2 fully saturated rings. The second-order valence-electron chi connectivity index (χ2n) is 7.91. The van der Waals surface area contributed by atoms with Gasteiger partial charge in [-0.25, -0.2) is 0 Å². The van der Waals surface area contributed by atoms with Crippen molar-refractivity contribution >= 4 is 11.8 Å². The van der Waals surface area contributed by atoms with Crippen LogP contribution in [0.25, 0.3) is 0 Å². The van der Waals surface area contributed by atoms with Crippen LogP contribution in [0.15, 0.2) is 48.9 Å². The van der Waals surface area contributed by atoms with Crippen LogP contribution in [-0.4, -0.2) is 69.0 Å². The van der Waals surface area contributed by atoms with Gasteiger partial charge in [0, 0.05) is 56.6 Å². The molecule has 0 saturated carbocycles. The van der Waals surface area contributed by atoms with Crippen molar-refractivity contribution in [3.8, 4) is 0 Å². The molecule has 4 heterocycles. The lowest BCUT2D eigenvalue weighted by Gasteiger charge is -2.33. The first-order chi connectivity index (χ1) is 14.1. The second-order valence-corrected chi connectivity index (χ2v) is 7.91. The van der Waals surface area contributed by atoms with Crippen molar-refractivity contribution in [1.82, 2.24) is 19.8 Å². The molecule has 7 heteroatoms. The van der Waals surface area contributed by atoms with Gasteiger partial charge in [-0.05, 0) is 49.1 Å². The predicted octanol–water partition coefficient (Wildman–Crippen LogP) is 1.39. The molecular weight excluding hydrogens is 368 g/mol. The molecule has 2 aromatic rings. The summed E-state index contributed by atoms with van der Waals surface area (Å²) < 4.78 is 0. The summed E-state index contributed by atoms with van der Waals surface area (Å²) >= 11 is 0. The van der Waals surface area contributed by atoms with Crippen LogP contribution in [0.5, 0.6) is 0 Å². The van der Waals surface area contributed by atoms with E-state index in [1.807, 2.05) is 12.1 Å². The summed E-state index contributed by atoms with van der Waals surface area (Å²) in [5.41, 5.74) is 1.57. The molecule has 4 rings (SSSR count). The fraction of sp³-hybridized carbons (Fsp3) is 0.455. The van der Waals surface area contributed by atoms with Crippen LogP contribution in [0.1, 0.15) is 28.9 Å². The zero-order valence-corrected chi connectivity index (χ0v) is 16.4. The third-order valence-electron chi connectivity index (χ3n) is 5.98. The fourth-order valence-electron chi connectivity index (χ4n) is 4.30. The first-order valence-corrected chi connectivity index (χ1v) is 10.2. The maximum atomic E-state index is 13.0. The number of β-amino-alcohol motifs (C(OH)–C–C–N with tert-alkyl or cyclic N) is 1. The molecule has 2 saturated heterocycles. The number of rotatable bonds is 4. The normalized spacial score (nSPS) is 22.7. The van der Waals surface area contributed by atoms with Gasteiger partial charge in [-0.15, -0.1) is 0 Å². The summed E-state index contributed by atoms with van der Waals surface area (Å²) in [6.07, 6.45) is 6.66. The van der Waals surface area contributed by atoms with Gasteiger partial charge in [0.25, 0.3) is 5.91 Å². The van der Waals surface area contributed by atoms with Crippen LogP contribution in [-0.2, 0) is 11.2 Å². The van der Waals surface area contributed by atoms with Gasteiger partial charge in [0.2, 0.25) is 5.91 Å². The smallest absolute Gasteiger partial charge is 0.272 e. The van der Waals surface area contributed by atoms with Gasteiger partial charge in [-0.3, -0.25) is 19.6 Å². The van der Waals surface area contributed by atoms with E-state index >= 15 is 0 Å². The van der Waals surface area contributed by atoms with Crippen LogP contribution in [0.3, 0.4) is 0 Å². The van der Waals surface area contributed by atoms with Crippen LogP contribution in [0.2, 0.25) is 0 Å². The molecule has 0 spiro atoms. The average molecular weight is 394 g/mol. The largest absolute Gasteiger partial charge is 0.391 e. The fourth-order valence-corrected chi connectivity index (χ4v) is 4.30. The molecule has 2 atom stereocenters. The van der Waals surface area contributed by atoms with Crippen molar-refractivity contribution < 1.29 is 14.7 Å². The van der Waals surface area contributed by atoms with E-state index in [1.165, 1.54) is 0 Å². The molecule has 0 aromatic carbocycles. The highest BCUT2D eigenvalue weighted by Gasteiger charge is 2.38. The lowest BCUT2D eigenvalue weighted by atomic mass is 9.95. The Bertz CT molecular complexity index is 838. The Hall–Kier alpha value is -2.80. The molecule has 2 aromatic heterocycles. The number of hydrogen-bond donors (Lipinski definition) is 1. The Morgan fingerprint density at radius 1 is 1.00 bits per heavy atom. The van der Waals surface area contributed by atoms with Crippen molar-refractivity contribution in [2.75, 3.05) is 26.2 Å². The summed E-state index contributed by atoms with van der Waals surface area (Å²) in [5.74, 6) is -0.0152. The first-order valence-electron chi connectivity index (χ1n) is 10.2. The van der Waals surface area contributed by atoms with Crippen molar-refractivity contribution in [2.45, 2.75) is 25.4 Å². The lowest BCUT2D eigenvalue weighted by molar-refractivity contribution is -0.136. The number of pyridine rings is 2. The monoisotopic (exact) mass is 394 g/mol.